The number of hydrogen-bond donors (Lipinski definition) is 3. The predicted molar refractivity (Wildman–Crippen MR) is 100 cm³/mol. The maximum atomic E-state index is 12.1. The second-order valence-corrected chi connectivity index (χ2v) is 7.25. The van der Waals surface area contributed by atoms with E-state index >= 15 is 0 Å². The highest BCUT2D eigenvalue weighted by molar-refractivity contribution is 6.32. The molecule has 7 heteroatoms. The number of rotatable bonds is 7. The van der Waals surface area contributed by atoms with Crippen molar-refractivity contribution in [2.24, 2.45) is 0 Å². The molecule has 0 aliphatic rings. The van der Waals surface area contributed by atoms with E-state index in [1.807, 2.05) is 13.0 Å². The van der Waals surface area contributed by atoms with Crippen molar-refractivity contribution < 1.29 is 9.90 Å². The van der Waals surface area contributed by atoms with Crippen molar-refractivity contribution in [2.45, 2.75) is 51.7 Å². The second kappa shape index (κ2) is 8.36. The smallest absolute Gasteiger partial charge is 0.319 e. The summed E-state index contributed by atoms with van der Waals surface area (Å²) in [7, 11) is 0. The van der Waals surface area contributed by atoms with E-state index in [1.165, 1.54) is 0 Å². The zero-order valence-electron chi connectivity index (χ0n) is 14.8. The van der Waals surface area contributed by atoms with Crippen LogP contribution in [0.2, 0.25) is 5.02 Å². The van der Waals surface area contributed by atoms with Gasteiger partial charge >= 0.3 is 6.03 Å². The molecule has 0 unspecified atom stereocenters. The van der Waals surface area contributed by atoms with Crippen molar-refractivity contribution in [2.75, 3.05) is 5.32 Å². The number of urea groups is 1. The third-order valence-corrected chi connectivity index (χ3v) is 4.09. The largest absolute Gasteiger partial charge is 0.390 e. The van der Waals surface area contributed by atoms with Gasteiger partial charge < -0.3 is 20.3 Å². The minimum Gasteiger partial charge on any atom is -0.390 e. The number of carbonyl (C=O) groups is 1. The number of aliphatic hydroxyl groups is 1. The summed E-state index contributed by atoms with van der Waals surface area (Å²) >= 11 is 6.28. The lowest BCUT2D eigenvalue weighted by Crippen LogP contribution is -2.36. The number of halogens is 1. The number of carbonyl (C=O) groups excluding carboxylic acids is 1. The van der Waals surface area contributed by atoms with E-state index < -0.39 is 5.60 Å². The van der Waals surface area contributed by atoms with E-state index in [0.717, 1.165) is 18.5 Å². The van der Waals surface area contributed by atoms with Crippen LogP contribution in [0, 0.1) is 0 Å². The van der Waals surface area contributed by atoms with E-state index in [1.54, 1.807) is 49.3 Å². The van der Waals surface area contributed by atoms with Crippen molar-refractivity contribution in [3.63, 3.8) is 0 Å². The molecule has 1 aromatic heterocycles. The van der Waals surface area contributed by atoms with Gasteiger partial charge in [-0.2, -0.15) is 0 Å². The molecular formula is C18H25ClN4O2. The molecule has 1 atom stereocenters. The van der Waals surface area contributed by atoms with Crippen LogP contribution >= 0.6 is 11.6 Å². The third-order valence-electron chi connectivity index (χ3n) is 3.79. The Morgan fingerprint density at radius 1 is 1.44 bits per heavy atom. The summed E-state index contributed by atoms with van der Waals surface area (Å²) in [6, 6.07) is 5.06. The van der Waals surface area contributed by atoms with Crippen LogP contribution in [-0.2, 0) is 0 Å². The molecule has 25 heavy (non-hydrogen) atoms. The Balaban J connectivity index is 1.85. The Labute approximate surface area is 153 Å². The summed E-state index contributed by atoms with van der Waals surface area (Å²) < 4.78 is 1.80. The van der Waals surface area contributed by atoms with Gasteiger partial charge in [0, 0.05) is 24.1 Å². The Morgan fingerprint density at radius 2 is 2.20 bits per heavy atom. The quantitative estimate of drug-likeness (QED) is 0.695. The zero-order chi connectivity index (χ0) is 18.4. The summed E-state index contributed by atoms with van der Waals surface area (Å²) in [4.78, 5) is 16.1. The lowest BCUT2D eigenvalue weighted by Gasteiger charge is -2.19. The number of aromatic nitrogens is 2. The number of hydrogen-bond acceptors (Lipinski definition) is 3. The fraction of sp³-hybridized carbons (Fsp3) is 0.444. The molecule has 2 amide bonds. The molecular weight excluding hydrogens is 340 g/mol. The van der Waals surface area contributed by atoms with E-state index in [-0.39, 0.29) is 12.1 Å². The van der Waals surface area contributed by atoms with E-state index in [2.05, 4.69) is 15.6 Å². The molecule has 0 saturated carbocycles. The molecule has 0 fully saturated rings. The second-order valence-electron chi connectivity index (χ2n) is 6.84. The standard InChI is InChI=1S/C18H25ClN4O2/c1-13(5-4-8-18(2,3)25)21-17(24)22-14-6-7-16(15(19)11-14)23-10-9-20-12-23/h6-7,9-13,25H,4-5,8H2,1-3H3,(H2,21,22,24)/t13-/m1/s1. The molecule has 6 nitrogen and oxygen atoms in total. The molecule has 136 valence electrons. The highest BCUT2D eigenvalue weighted by atomic mass is 35.5. The van der Waals surface area contributed by atoms with Gasteiger partial charge in [-0.3, -0.25) is 0 Å². The zero-order valence-corrected chi connectivity index (χ0v) is 15.5. The predicted octanol–water partition coefficient (Wildman–Crippen LogP) is 3.98. The van der Waals surface area contributed by atoms with Crippen LogP contribution in [0.5, 0.6) is 0 Å². The maximum absolute atomic E-state index is 12.1. The Bertz CT molecular complexity index is 696. The van der Waals surface area contributed by atoms with Crippen molar-refractivity contribution in [1.29, 1.82) is 0 Å². The number of amides is 2. The summed E-state index contributed by atoms with van der Waals surface area (Å²) in [5.74, 6) is 0. The molecule has 0 aliphatic heterocycles. The van der Waals surface area contributed by atoms with Crippen molar-refractivity contribution in [1.82, 2.24) is 14.9 Å². The molecule has 0 bridgehead atoms. The number of nitrogens with one attached hydrogen (secondary N) is 2. The summed E-state index contributed by atoms with van der Waals surface area (Å²) in [6.45, 7) is 5.52. The first kappa shape index (κ1) is 19.3. The van der Waals surface area contributed by atoms with Gasteiger partial charge in [0.05, 0.1) is 22.6 Å². The van der Waals surface area contributed by atoms with E-state index in [4.69, 9.17) is 11.6 Å². The highest BCUT2D eigenvalue weighted by Crippen LogP contribution is 2.24. The Kier molecular flexibility index (Phi) is 6.45. The van der Waals surface area contributed by atoms with Crippen LogP contribution in [0.25, 0.3) is 5.69 Å². The fourth-order valence-electron chi connectivity index (χ4n) is 2.50. The number of imidazole rings is 1. The van der Waals surface area contributed by atoms with Gasteiger partial charge in [-0.25, -0.2) is 9.78 Å². The monoisotopic (exact) mass is 364 g/mol. The molecule has 3 N–H and O–H groups in total. The van der Waals surface area contributed by atoms with Crippen LogP contribution in [0.3, 0.4) is 0 Å². The summed E-state index contributed by atoms with van der Waals surface area (Å²) in [6.07, 6.45) is 7.49. The van der Waals surface area contributed by atoms with E-state index in [0.29, 0.717) is 17.1 Å². The molecule has 0 radical (unpaired) electrons. The molecule has 0 aliphatic carbocycles. The summed E-state index contributed by atoms with van der Waals surface area (Å²) in [5.41, 5.74) is 0.746. The lowest BCUT2D eigenvalue weighted by molar-refractivity contribution is 0.0676. The van der Waals surface area contributed by atoms with Gasteiger partial charge in [-0.05, 0) is 58.2 Å². The van der Waals surface area contributed by atoms with Crippen molar-refractivity contribution in [3.05, 3.63) is 41.9 Å². The topological polar surface area (TPSA) is 79.2 Å². The van der Waals surface area contributed by atoms with Crippen molar-refractivity contribution >= 4 is 23.3 Å². The molecule has 2 aromatic rings. The molecule has 1 aromatic carbocycles. The first-order valence-electron chi connectivity index (χ1n) is 8.32. The van der Waals surface area contributed by atoms with Gasteiger partial charge in [0.2, 0.25) is 0 Å². The average Bonchev–Trinajstić information content (AvgIpc) is 2.99. The van der Waals surface area contributed by atoms with Crippen LogP contribution in [-0.4, -0.2) is 32.3 Å². The average molecular weight is 365 g/mol. The van der Waals surface area contributed by atoms with Gasteiger partial charge in [0.1, 0.15) is 0 Å². The number of anilines is 1. The normalized spacial score (nSPS) is 12.7. The lowest BCUT2D eigenvalue weighted by atomic mass is 10.00. The third kappa shape index (κ3) is 6.40. The number of benzene rings is 1. The fourth-order valence-corrected chi connectivity index (χ4v) is 2.78. The van der Waals surface area contributed by atoms with Crippen LogP contribution in [0.4, 0.5) is 10.5 Å². The minimum absolute atomic E-state index is 0.0167. The van der Waals surface area contributed by atoms with Crippen LogP contribution < -0.4 is 10.6 Å². The van der Waals surface area contributed by atoms with Crippen molar-refractivity contribution in [3.8, 4) is 5.69 Å². The van der Waals surface area contributed by atoms with Gasteiger partial charge in [0.25, 0.3) is 0 Å². The molecule has 0 spiro atoms. The van der Waals surface area contributed by atoms with E-state index in [9.17, 15) is 9.90 Å². The van der Waals surface area contributed by atoms with Crippen LogP contribution in [0.15, 0.2) is 36.9 Å². The van der Waals surface area contributed by atoms with Crippen LogP contribution in [0.1, 0.15) is 40.0 Å². The SMILES string of the molecule is C[C@H](CCCC(C)(C)O)NC(=O)Nc1ccc(-n2ccnc2)c(Cl)c1. The molecule has 2 rings (SSSR count). The Morgan fingerprint density at radius 3 is 2.80 bits per heavy atom. The summed E-state index contributed by atoms with van der Waals surface area (Å²) in [5, 5.41) is 15.9. The molecule has 1 heterocycles. The van der Waals surface area contributed by atoms with Gasteiger partial charge in [-0.1, -0.05) is 11.6 Å². The molecule has 0 saturated heterocycles. The first-order chi connectivity index (χ1) is 11.7. The minimum atomic E-state index is -0.671. The van der Waals surface area contributed by atoms with Gasteiger partial charge in [-0.15, -0.1) is 0 Å². The van der Waals surface area contributed by atoms with Gasteiger partial charge in [0.15, 0.2) is 0 Å². The first-order valence-corrected chi connectivity index (χ1v) is 8.70. The number of nitrogens with zero attached hydrogens (tertiary/aromatic N) is 2. The highest BCUT2D eigenvalue weighted by Gasteiger charge is 2.14. The maximum Gasteiger partial charge on any atom is 0.319 e. The Hall–Kier alpha value is -2.05.